The van der Waals surface area contributed by atoms with Crippen LogP contribution in [0.1, 0.15) is 30.2 Å². The van der Waals surface area contributed by atoms with E-state index in [0.717, 1.165) is 50.3 Å². The third-order valence-electron chi connectivity index (χ3n) is 4.61. The molecule has 0 aromatic carbocycles. The van der Waals surface area contributed by atoms with Crippen molar-refractivity contribution in [2.75, 3.05) is 32.7 Å². The second-order valence-corrected chi connectivity index (χ2v) is 7.12. The van der Waals surface area contributed by atoms with E-state index in [2.05, 4.69) is 17.1 Å². The van der Waals surface area contributed by atoms with Crippen LogP contribution in [0.25, 0.3) is 0 Å². The maximum Gasteiger partial charge on any atom is 0.226 e. The van der Waals surface area contributed by atoms with Gasteiger partial charge < -0.3 is 10.0 Å². The van der Waals surface area contributed by atoms with Gasteiger partial charge in [-0.05, 0) is 30.7 Å². The highest BCUT2D eigenvalue weighted by molar-refractivity contribution is 7.10. The van der Waals surface area contributed by atoms with E-state index in [4.69, 9.17) is 0 Å². The molecule has 4 nitrogen and oxygen atoms in total. The van der Waals surface area contributed by atoms with E-state index < -0.39 is 6.10 Å². The number of hydrogen-bond donors (Lipinski definition) is 1. The van der Waals surface area contributed by atoms with Crippen molar-refractivity contribution in [3.63, 3.8) is 0 Å². The summed E-state index contributed by atoms with van der Waals surface area (Å²) in [6.07, 6.45) is 6.82. The lowest BCUT2D eigenvalue weighted by molar-refractivity contribution is -0.137. The van der Waals surface area contributed by atoms with Crippen molar-refractivity contribution in [1.82, 2.24) is 9.80 Å². The Morgan fingerprint density at radius 2 is 2.14 bits per heavy atom. The summed E-state index contributed by atoms with van der Waals surface area (Å²) in [5.74, 6) is 0.510. The second-order valence-electron chi connectivity index (χ2n) is 6.14. The molecular weight excluding hydrogens is 296 g/mol. The fourth-order valence-electron chi connectivity index (χ4n) is 3.24. The Labute approximate surface area is 136 Å². The van der Waals surface area contributed by atoms with Crippen LogP contribution >= 0.6 is 11.3 Å². The number of rotatable bonds is 4. The number of hydrogen-bond acceptors (Lipinski definition) is 4. The smallest absolute Gasteiger partial charge is 0.226 e. The molecule has 2 aliphatic rings. The predicted octanol–water partition coefficient (Wildman–Crippen LogP) is 2.28. The van der Waals surface area contributed by atoms with Crippen LogP contribution in [0.2, 0.25) is 0 Å². The van der Waals surface area contributed by atoms with Gasteiger partial charge in [-0.15, -0.1) is 11.3 Å². The van der Waals surface area contributed by atoms with Gasteiger partial charge in [-0.2, -0.15) is 0 Å². The minimum absolute atomic E-state index is 0.188. The topological polar surface area (TPSA) is 43.8 Å². The Balaban J connectivity index is 1.46. The van der Waals surface area contributed by atoms with Gasteiger partial charge in [0.25, 0.3) is 0 Å². The van der Waals surface area contributed by atoms with Gasteiger partial charge in [-0.1, -0.05) is 18.2 Å². The summed E-state index contributed by atoms with van der Waals surface area (Å²) in [6, 6.07) is 3.95. The van der Waals surface area contributed by atoms with E-state index >= 15 is 0 Å². The van der Waals surface area contributed by atoms with Gasteiger partial charge in [0.2, 0.25) is 5.91 Å². The summed E-state index contributed by atoms with van der Waals surface area (Å²) in [7, 11) is 0. The van der Waals surface area contributed by atoms with Gasteiger partial charge in [0.15, 0.2) is 0 Å². The van der Waals surface area contributed by atoms with E-state index in [1.54, 1.807) is 11.3 Å². The van der Waals surface area contributed by atoms with Gasteiger partial charge >= 0.3 is 0 Å². The Kier molecular flexibility index (Phi) is 5.28. The minimum atomic E-state index is -0.411. The predicted molar refractivity (Wildman–Crippen MR) is 88.8 cm³/mol. The lowest BCUT2D eigenvalue weighted by Gasteiger charge is -2.37. The molecule has 0 saturated carbocycles. The molecule has 1 aliphatic heterocycles. The summed E-state index contributed by atoms with van der Waals surface area (Å²) in [6.45, 7) is 3.95. The van der Waals surface area contributed by atoms with Crippen molar-refractivity contribution >= 4 is 17.2 Å². The average molecular weight is 320 g/mol. The van der Waals surface area contributed by atoms with E-state index in [-0.39, 0.29) is 5.92 Å². The Bertz CT molecular complexity index is 507. The van der Waals surface area contributed by atoms with E-state index in [0.29, 0.717) is 12.5 Å². The highest BCUT2D eigenvalue weighted by Crippen LogP contribution is 2.23. The highest BCUT2D eigenvalue weighted by atomic mass is 32.1. The maximum absolute atomic E-state index is 12.5. The summed E-state index contributed by atoms with van der Waals surface area (Å²) in [5, 5.41) is 12.2. The van der Waals surface area contributed by atoms with Crippen LogP contribution in [0.4, 0.5) is 0 Å². The standard InChI is InChI=1S/C17H24N2O2S/c20-15(16-7-4-12-22-16)13-18-8-10-19(11-9-18)17(21)14-5-2-1-3-6-14/h1-2,4,7,12,14-15,20H,3,5-6,8-11,13H2. The lowest BCUT2D eigenvalue weighted by atomic mass is 9.93. The number of aliphatic hydroxyl groups is 1. The van der Waals surface area contributed by atoms with Crippen LogP contribution in [0.3, 0.4) is 0 Å². The van der Waals surface area contributed by atoms with Gasteiger partial charge in [0, 0.05) is 43.5 Å². The average Bonchev–Trinajstić information content (AvgIpc) is 3.10. The lowest BCUT2D eigenvalue weighted by Crippen LogP contribution is -2.51. The molecule has 1 N–H and O–H groups in total. The quantitative estimate of drug-likeness (QED) is 0.866. The van der Waals surface area contributed by atoms with Crippen molar-refractivity contribution in [1.29, 1.82) is 0 Å². The van der Waals surface area contributed by atoms with Crippen LogP contribution < -0.4 is 0 Å². The maximum atomic E-state index is 12.5. The van der Waals surface area contributed by atoms with Crippen molar-refractivity contribution in [2.45, 2.75) is 25.4 Å². The fourth-order valence-corrected chi connectivity index (χ4v) is 3.95. The zero-order valence-electron chi connectivity index (χ0n) is 12.9. The summed E-state index contributed by atoms with van der Waals surface area (Å²) in [5.41, 5.74) is 0. The highest BCUT2D eigenvalue weighted by Gasteiger charge is 2.28. The number of nitrogens with zero attached hydrogens (tertiary/aromatic N) is 2. The molecule has 1 aromatic heterocycles. The molecule has 2 heterocycles. The molecule has 3 rings (SSSR count). The number of amides is 1. The molecule has 0 bridgehead atoms. The molecule has 0 radical (unpaired) electrons. The number of carbonyl (C=O) groups is 1. The SMILES string of the molecule is O=C(C1CC=CCC1)N1CCN(CC(O)c2cccs2)CC1. The van der Waals surface area contributed by atoms with Gasteiger partial charge in [0.1, 0.15) is 6.10 Å². The Morgan fingerprint density at radius 1 is 1.32 bits per heavy atom. The van der Waals surface area contributed by atoms with E-state index in [1.165, 1.54) is 0 Å². The number of β-amino-alcohol motifs (C(OH)–C–C–N with tert-alkyl or cyclic N) is 1. The molecule has 5 heteroatoms. The third-order valence-corrected chi connectivity index (χ3v) is 5.58. The first kappa shape index (κ1) is 15.7. The van der Waals surface area contributed by atoms with Crippen LogP contribution in [0.5, 0.6) is 0 Å². The third kappa shape index (κ3) is 3.77. The molecule has 0 spiro atoms. The molecule has 2 unspecified atom stereocenters. The van der Waals surface area contributed by atoms with Crippen molar-refractivity contribution in [3.8, 4) is 0 Å². The number of aliphatic hydroxyl groups excluding tert-OH is 1. The zero-order chi connectivity index (χ0) is 15.4. The van der Waals surface area contributed by atoms with Crippen molar-refractivity contribution in [2.24, 2.45) is 5.92 Å². The monoisotopic (exact) mass is 320 g/mol. The van der Waals surface area contributed by atoms with Crippen LogP contribution in [0.15, 0.2) is 29.7 Å². The Hall–Kier alpha value is -1.17. The first-order valence-corrected chi connectivity index (χ1v) is 8.99. The number of carbonyl (C=O) groups excluding carboxylic acids is 1. The normalized spacial score (nSPS) is 24.4. The number of allylic oxidation sites excluding steroid dienone is 2. The van der Waals surface area contributed by atoms with Crippen LogP contribution in [-0.4, -0.2) is 53.5 Å². The molecular formula is C17H24N2O2S. The van der Waals surface area contributed by atoms with Gasteiger partial charge in [-0.3, -0.25) is 9.69 Å². The first-order valence-electron chi connectivity index (χ1n) is 8.11. The molecule has 2 atom stereocenters. The molecule has 22 heavy (non-hydrogen) atoms. The number of piperazine rings is 1. The summed E-state index contributed by atoms with van der Waals surface area (Å²) in [4.78, 5) is 17.8. The largest absolute Gasteiger partial charge is 0.386 e. The van der Waals surface area contributed by atoms with E-state index in [9.17, 15) is 9.90 Å². The number of thiophene rings is 1. The van der Waals surface area contributed by atoms with E-state index in [1.807, 2.05) is 22.4 Å². The Morgan fingerprint density at radius 3 is 2.77 bits per heavy atom. The van der Waals surface area contributed by atoms with Gasteiger partial charge in [-0.25, -0.2) is 0 Å². The second kappa shape index (κ2) is 7.40. The molecule has 1 aliphatic carbocycles. The van der Waals surface area contributed by atoms with Gasteiger partial charge in [0.05, 0.1) is 0 Å². The minimum Gasteiger partial charge on any atom is -0.386 e. The summed E-state index contributed by atoms with van der Waals surface area (Å²) < 4.78 is 0. The van der Waals surface area contributed by atoms with Crippen molar-refractivity contribution in [3.05, 3.63) is 34.5 Å². The van der Waals surface area contributed by atoms with Crippen LogP contribution in [0, 0.1) is 5.92 Å². The molecule has 1 fully saturated rings. The zero-order valence-corrected chi connectivity index (χ0v) is 13.7. The van der Waals surface area contributed by atoms with Crippen LogP contribution in [-0.2, 0) is 4.79 Å². The molecule has 1 saturated heterocycles. The first-order chi connectivity index (χ1) is 10.7. The fraction of sp³-hybridized carbons (Fsp3) is 0.588. The summed E-state index contributed by atoms with van der Waals surface area (Å²) >= 11 is 1.60. The van der Waals surface area contributed by atoms with Crippen molar-refractivity contribution < 1.29 is 9.90 Å². The molecule has 120 valence electrons. The molecule has 1 amide bonds. The molecule has 1 aromatic rings.